The second-order valence-electron chi connectivity index (χ2n) is 4.27. The van der Waals surface area contributed by atoms with Gasteiger partial charge in [-0.25, -0.2) is 12.8 Å². The van der Waals surface area contributed by atoms with Crippen molar-refractivity contribution < 1.29 is 12.8 Å². The Morgan fingerprint density at radius 3 is 2.58 bits per heavy atom. The minimum Gasteiger partial charge on any atom is -0.398 e. The fourth-order valence-corrected chi connectivity index (χ4v) is 3.23. The van der Waals surface area contributed by atoms with Crippen LogP contribution < -0.4 is 5.73 Å². The number of nitrogens with zero attached hydrogens (tertiary/aromatic N) is 1. The van der Waals surface area contributed by atoms with E-state index in [1.807, 2.05) is 6.92 Å². The number of sulfonamides is 1. The smallest absolute Gasteiger partial charge is 0.243 e. The Hall–Kier alpha value is -1.40. The number of anilines is 1. The minimum atomic E-state index is -3.75. The van der Waals surface area contributed by atoms with Gasteiger partial charge < -0.3 is 5.73 Å². The molecule has 0 aliphatic rings. The third-order valence-electron chi connectivity index (χ3n) is 2.80. The largest absolute Gasteiger partial charge is 0.398 e. The summed E-state index contributed by atoms with van der Waals surface area (Å²) in [5.74, 6) is -0.617. The van der Waals surface area contributed by atoms with Crippen molar-refractivity contribution in [2.75, 3.05) is 18.8 Å². The van der Waals surface area contributed by atoms with Crippen molar-refractivity contribution in [1.29, 1.82) is 0 Å². The van der Waals surface area contributed by atoms with Crippen LogP contribution in [-0.4, -0.2) is 25.8 Å². The molecule has 2 N–H and O–H groups in total. The highest BCUT2D eigenvalue weighted by molar-refractivity contribution is 7.89. The van der Waals surface area contributed by atoms with E-state index in [-0.39, 0.29) is 22.7 Å². The Labute approximate surface area is 113 Å². The zero-order valence-corrected chi connectivity index (χ0v) is 12.0. The molecule has 0 aliphatic heterocycles. The number of hydrogen-bond donors (Lipinski definition) is 1. The maximum absolute atomic E-state index is 13.6. The molecule has 0 bridgehead atoms. The van der Waals surface area contributed by atoms with E-state index in [9.17, 15) is 12.8 Å². The van der Waals surface area contributed by atoms with Crippen molar-refractivity contribution >= 4 is 15.7 Å². The molecule has 0 spiro atoms. The highest BCUT2D eigenvalue weighted by atomic mass is 32.2. The molecular weight excluding hydrogens is 267 g/mol. The summed E-state index contributed by atoms with van der Waals surface area (Å²) in [5, 5.41) is 0. The van der Waals surface area contributed by atoms with E-state index in [1.54, 1.807) is 0 Å². The van der Waals surface area contributed by atoms with Crippen LogP contribution in [0.3, 0.4) is 0 Å². The molecule has 0 aromatic heterocycles. The molecule has 19 heavy (non-hydrogen) atoms. The summed E-state index contributed by atoms with van der Waals surface area (Å²) in [7, 11) is -3.75. The first-order valence-electron chi connectivity index (χ1n) is 6.01. The second-order valence-corrected chi connectivity index (χ2v) is 6.21. The number of rotatable bonds is 6. The zero-order valence-electron chi connectivity index (χ0n) is 11.2. The van der Waals surface area contributed by atoms with E-state index in [0.717, 1.165) is 6.07 Å². The number of halogens is 1. The lowest BCUT2D eigenvalue weighted by Crippen LogP contribution is -2.32. The Morgan fingerprint density at radius 2 is 2.11 bits per heavy atom. The van der Waals surface area contributed by atoms with Gasteiger partial charge in [-0.2, -0.15) is 4.31 Å². The summed E-state index contributed by atoms with van der Waals surface area (Å²) in [6.45, 7) is 7.45. The molecule has 0 atom stereocenters. The summed E-state index contributed by atoms with van der Waals surface area (Å²) in [6, 6.07) is 2.30. The van der Waals surface area contributed by atoms with Gasteiger partial charge >= 0.3 is 0 Å². The molecule has 0 amide bonds. The predicted octanol–water partition coefficient (Wildman–Crippen LogP) is 2.30. The Morgan fingerprint density at radius 1 is 1.47 bits per heavy atom. The number of nitrogens with two attached hydrogens (primary N) is 1. The lowest BCUT2D eigenvalue weighted by atomic mass is 10.2. The van der Waals surface area contributed by atoms with Crippen LogP contribution in [0.5, 0.6) is 0 Å². The van der Waals surface area contributed by atoms with Gasteiger partial charge in [0.1, 0.15) is 5.82 Å². The van der Waals surface area contributed by atoms with E-state index in [4.69, 9.17) is 5.73 Å². The van der Waals surface area contributed by atoms with Crippen molar-refractivity contribution in [1.82, 2.24) is 4.31 Å². The number of hydrogen-bond acceptors (Lipinski definition) is 3. The lowest BCUT2D eigenvalue weighted by molar-refractivity contribution is 0.441. The zero-order chi connectivity index (χ0) is 14.6. The van der Waals surface area contributed by atoms with Crippen molar-refractivity contribution in [3.63, 3.8) is 0 Å². The van der Waals surface area contributed by atoms with Gasteiger partial charge in [-0.05, 0) is 25.5 Å². The average Bonchev–Trinajstić information content (AvgIpc) is 2.35. The van der Waals surface area contributed by atoms with Gasteiger partial charge in [0.25, 0.3) is 0 Å². The van der Waals surface area contributed by atoms with Gasteiger partial charge in [-0.15, -0.1) is 6.58 Å². The second kappa shape index (κ2) is 6.16. The monoisotopic (exact) mass is 286 g/mol. The summed E-state index contributed by atoms with van der Waals surface area (Å²) < 4.78 is 39.6. The third-order valence-corrected chi connectivity index (χ3v) is 4.64. The molecule has 0 radical (unpaired) electrons. The van der Waals surface area contributed by atoms with Crippen LogP contribution in [0.2, 0.25) is 0 Å². The highest BCUT2D eigenvalue weighted by Crippen LogP contribution is 2.23. The standard InChI is InChI=1S/C13H19FN2O2S/c1-4-6-16(7-5-2)19(17,18)11-8-12(14)10(3)13(15)9-11/h4,8-9H,1,5-7,15H2,2-3H3. The molecule has 106 valence electrons. The SMILES string of the molecule is C=CCN(CCC)S(=O)(=O)c1cc(N)c(C)c(F)c1. The quantitative estimate of drug-likeness (QED) is 0.644. The number of benzene rings is 1. The molecule has 0 saturated carbocycles. The Bertz CT molecular complexity index is 547. The maximum Gasteiger partial charge on any atom is 0.243 e. The van der Waals surface area contributed by atoms with Gasteiger partial charge in [0.15, 0.2) is 0 Å². The van der Waals surface area contributed by atoms with Crippen molar-refractivity contribution in [3.05, 3.63) is 36.2 Å². The van der Waals surface area contributed by atoms with E-state index >= 15 is 0 Å². The van der Waals surface area contributed by atoms with Crippen LogP contribution in [-0.2, 0) is 10.0 Å². The molecule has 0 heterocycles. The first-order chi connectivity index (χ1) is 8.84. The van der Waals surface area contributed by atoms with Gasteiger partial charge in [0, 0.05) is 24.3 Å². The molecule has 0 aliphatic carbocycles. The van der Waals surface area contributed by atoms with Crippen LogP contribution in [0.1, 0.15) is 18.9 Å². The molecular formula is C13H19FN2O2S. The molecule has 0 saturated heterocycles. The molecule has 0 fully saturated rings. The van der Waals surface area contributed by atoms with E-state index in [1.165, 1.54) is 23.4 Å². The average molecular weight is 286 g/mol. The first-order valence-corrected chi connectivity index (χ1v) is 7.45. The van der Waals surface area contributed by atoms with Crippen molar-refractivity contribution in [2.45, 2.75) is 25.2 Å². The van der Waals surface area contributed by atoms with Crippen LogP contribution in [0, 0.1) is 12.7 Å². The summed E-state index contributed by atoms with van der Waals surface area (Å²) in [6.07, 6.45) is 2.16. The topological polar surface area (TPSA) is 63.4 Å². The molecule has 0 unspecified atom stereocenters. The fraction of sp³-hybridized carbons (Fsp3) is 0.385. The minimum absolute atomic E-state index is 0.122. The Kier molecular flexibility index (Phi) is 5.08. The van der Waals surface area contributed by atoms with Gasteiger partial charge in [0.05, 0.1) is 4.90 Å². The molecule has 1 aromatic carbocycles. The summed E-state index contributed by atoms with van der Waals surface area (Å²) in [5.41, 5.74) is 6.01. The Balaban J connectivity index is 3.28. The van der Waals surface area contributed by atoms with Crippen molar-refractivity contribution in [3.8, 4) is 0 Å². The van der Waals surface area contributed by atoms with Crippen LogP contribution in [0.15, 0.2) is 29.7 Å². The van der Waals surface area contributed by atoms with Crippen LogP contribution >= 0.6 is 0 Å². The summed E-state index contributed by atoms with van der Waals surface area (Å²) in [4.78, 5) is -0.122. The normalized spacial score (nSPS) is 11.8. The fourth-order valence-electron chi connectivity index (χ4n) is 1.68. The van der Waals surface area contributed by atoms with E-state index < -0.39 is 15.8 Å². The molecule has 1 rings (SSSR count). The third kappa shape index (κ3) is 3.33. The maximum atomic E-state index is 13.6. The molecule has 4 nitrogen and oxygen atoms in total. The number of nitrogen functional groups attached to an aromatic ring is 1. The first kappa shape index (κ1) is 15.7. The van der Waals surface area contributed by atoms with Crippen molar-refractivity contribution in [2.24, 2.45) is 0 Å². The van der Waals surface area contributed by atoms with Gasteiger partial charge in [-0.1, -0.05) is 13.0 Å². The summed E-state index contributed by atoms with van der Waals surface area (Å²) >= 11 is 0. The van der Waals surface area contributed by atoms with Crippen LogP contribution in [0.25, 0.3) is 0 Å². The van der Waals surface area contributed by atoms with Gasteiger partial charge in [-0.3, -0.25) is 0 Å². The van der Waals surface area contributed by atoms with E-state index in [0.29, 0.717) is 13.0 Å². The van der Waals surface area contributed by atoms with Crippen LogP contribution in [0.4, 0.5) is 10.1 Å². The molecule has 6 heteroatoms. The van der Waals surface area contributed by atoms with Gasteiger partial charge in [0.2, 0.25) is 10.0 Å². The van der Waals surface area contributed by atoms with E-state index in [2.05, 4.69) is 6.58 Å². The highest BCUT2D eigenvalue weighted by Gasteiger charge is 2.24. The molecule has 1 aromatic rings. The predicted molar refractivity (Wildman–Crippen MR) is 74.8 cm³/mol. The lowest BCUT2D eigenvalue weighted by Gasteiger charge is -2.20.